The Hall–Kier alpha value is -4.52. The molecule has 2 saturated heterocycles. The van der Waals surface area contributed by atoms with E-state index in [1.54, 1.807) is 55.9 Å². The number of aromatic nitrogens is 3. The molecule has 13 heteroatoms. The molecule has 0 bridgehead atoms. The first-order valence-corrected chi connectivity index (χ1v) is 16.1. The maximum absolute atomic E-state index is 16.2. The summed E-state index contributed by atoms with van der Waals surface area (Å²) in [4.78, 5) is 52.0. The van der Waals surface area contributed by atoms with Gasteiger partial charge in [0.15, 0.2) is 0 Å². The van der Waals surface area contributed by atoms with Gasteiger partial charge in [0.05, 0.1) is 37.7 Å². The van der Waals surface area contributed by atoms with Gasteiger partial charge in [0.1, 0.15) is 17.6 Å². The Morgan fingerprint density at radius 2 is 1.75 bits per heavy atom. The number of carbonyl (C=O) groups is 2. The molecule has 2 aromatic heterocycles. The Kier molecular flexibility index (Phi) is 8.69. The number of imide groups is 1. The molecule has 1 aromatic carbocycles. The lowest BCUT2D eigenvalue weighted by Gasteiger charge is -2.40. The van der Waals surface area contributed by atoms with Crippen molar-refractivity contribution in [3.8, 4) is 0 Å². The van der Waals surface area contributed by atoms with Gasteiger partial charge < -0.3 is 14.0 Å². The van der Waals surface area contributed by atoms with Gasteiger partial charge in [-0.05, 0) is 62.1 Å². The van der Waals surface area contributed by atoms with Crippen molar-refractivity contribution in [3.05, 3.63) is 90.7 Å². The highest BCUT2D eigenvalue weighted by atomic mass is 19.3. The molecule has 1 aliphatic carbocycles. The summed E-state index contributed by atoms with van der Waals surface area (Å²) in [5.74, 6) is -4.23. The SMILES string of the molecule is COC1=CC(c2cn(C)c(=O)c(C)c2C)CC(OC)=C1CN1CCC(c2cccc3c2n(C)c(=O)n3C2CCC(=O)NC2=O)C(F)(F)C1. The van der Waals surface area contributed by atoms with Crippen LogP contribution < -0.4 is 16.6 Å². The normalized spacial score (nSPS) is 23.3. The molecule has 2 fully saturated rings. The largest absolute Gasteiger partial charge is 0.501 e. The minimum Gasteiger partial charge on any atom is -0.501 e. The van der Waals surface area contributed by atoms with Crippen LogP contribution in [0, 0.1) is 13.8 Å². The molecule has 6 rings (SSSR count). The molecule has 4 heterocycles. The lowest BCUT2D eigenvalue weighted by Crippen LogP contribution is -2.48. The number of hydrogen-bond acceptors (Lipinski definition) is 7. The zero-order chi connectivity index (χ0) is 34.7. The number of aryl methyl sites for hydroxylation is 2. The summed E-state index contributed by atoms with van der Waals surface area (Å²) in [6.07, 6.45) is 4.67. The predicted octanol–water partition coefficient (Wildman–Crippen LogP) is 3.68. The summed E-state index contributed by atoms with van der Waals surface area (Å²) in [5.41, 5.74) is 3.79. The molecule has 3 atom stereocenters. The first-order valence-electron chi connectivity index (χ1n) is 16.1. The Bertz CT molecular complexity index is 2000. The summed E-state index contributed by atoms with van der Waals surface area (Å²) in [5, 5.41) is 2.28. The molecule has 2 aliphatic heterocycles. The molecule has 0 saturated carbocycles. The first-order chi connectivity index (χ1) is 22.8. The van der Waals surface area contributed by atoms with Gasteiger partial charge in [0.25, 0.3) is 11.5 Å². The standard InChI is InChI=1S/C35H41F2N5O6/c1-19-20(2)33(45)39(3)16-23(19)21-14-28(47-5)24(29(15-21)48-6)17-41-13-12-25(35(36,37)18-41)22-8-7-9-26-31(22)40(4)34(46)42(26)27-10-11-30(43)38-32(27)44/h7-9,14,16,21,25,27H,10-13,15,17-18H2,1-6H3,(H,38,43,44). The minimum atomic E-state index is -3.15. The van der Waals surface area contributed by atoms with E-state index in [2.05, 4.69) is 5.32 Å². The van der Waals surface area contributed by atoms with Crippen LogP contribution in [0.2, 0.25) is 0 Å². The van der Waals surface area contributed by atoms with Gasteiger partial charge in [0, 0.05) is 56.7 Å². The third kappa shape index (κ3) is 5.57. The number of ether oxygens (including phenoxy) is 2. The number of methoxy groups -OCH3 is 2. The molecule has 0 radical (unpaired) electrons. The number of halogens is 2. The van der Waals surface area contributed by atoms with Crippen LogP contribution >= 0.6 is 0 Å². The number of nitrogens with one attached hydrogen (secondary N) is 1. The van der Waals surface area contributed by atoms with Crippen LogP contribution in [0.1, 0.15) is 65.8 Å². The number of para-hydroxylation sites is 1. The van der Waals surface area contributed by atoms with Crippen molar-refractivity contribution in [1.29, 1.82) is 0 Å². The van der Waals surface area contributed by atoms with E-state index in [1.165, 1.54) is 16.2 Å². The number of likely N-dealkylation sites (tertiary alicyclic amines) is 1. The number of fused-ring (bicyclic) bond motifs is 1. The molecule has 1 N–H and O–H groups in total. The maximum Gasteiger partial charge on any atom is 0.329 e. The average molecular weight is 666 g/mol. The van der Waals surface area contributed by atoms with Crippen LogP contribution in [0.3, 0.4) is 0 Å². The molecule has 11 nitrogen and oxygen atoms in total. The van der Waals surface area contributed by atoms with Gasteiger partial charge >= 0.3 is 5.69 Å². The fraction of sp³-hybridized carbons (Fsp3) is 0.486. The Morgan fingerprint density at radius 3 is 2.42 bits per heavy atom. The molecular formula is C35H41F2N5O6. The van der Waals surface area contributed by atoms with Crippen LogP contribution in [-0.4, -0.2) is 70.2 Å². The van der Waals surface area contributed by atoms with Crippen molar-refractivity contribution >= 4 is 22.8 Å². The van der Waals surface area contributed by atoms with E-state index in [-0.39, 0.29) is 37.3 Å². The third-order valence-electron chi connectivity index (χ3n) is 10.3. The number of piperidine rings is 2. The van der Waals surface area contributed by atoms with Crippen molar-refractivity contribution in [2.45, 2.75) is 63.3 Å². The van der Waals surface area contributed by atoms with Crippen LogP contribution in [0.4, 0.5) is 8.78 Å². The van der Waals surface area contributed by atoms with Crippen LogP contribution in [0.25, 0.3) is 11.0 Å². The highest BCUT2D eigenvalue weighted by molar-refractivity contribution is 6.00. The second kappa shape index (κ2) is 12.5. The van der Waals surface area contributed by atoms with Crippen LogP contribution in [0.15, 0.2) is 57.2 Å². The van der Waals surface area contributed by atoms with Gasteiger partial charge in [-0.15, -0.1) is 0 Å². The van der Waals surface area contributed by atoms with Gasteiger partial charge in [-0.1, -0.05) is 12.1 Å². The van der Waals surface area contributed by atoms with E-state index < -0.39 is 41.9 Å². The summed E-state index contributed by atoms with van der Waals surface area (Å²) in [7, 11) is 6.36. The highest BCUT2D eigenvalue weighted by Crippen LogP contribution is 2.44. The molecular weight excluding hydrogens is 624 g/mol. The number of hydrogen-bond donors (Lipinski definition) is 1. The number of rotatable bonds is 7. The van der Waals surface area contributed by atoms with Gasteiger partial charge in [-0.2, -0.15) is 0 Å². The summed E-state index contributed by atoms with van der Waals surface area (Å²) in [6.45, 7) is 3.76. The molecule has 3 unspecified atom stereocenters. The molecule has 0 spiro atoms. The second-order valence-electron chi connectivity index (χ2n) is 13.1. The molecule has 256 valence electrons. The number of imidazole rings is 1. The first kappa shape index (κ1) is 33.4. The van der Waals surface area contributed by atoms with E-state index in [9.17, 15) is 19.2 Å². The van der Waals surface area contributed by atoms with Crippen LogP contribution in [-0.2, 0) is 33.2 Å². The van der Waals surface area contributed by atoms with Gasteiger partial charge in [0.2, 0.25) is 11.8 Å². The Balaban J connectivity index is 1.27. The van der Waals surface area contributed by atoms with Crippen molar-refractivity contribution in [3.63, 3.8) is 0 Å². The molecule has 2 amide bonds. The second-order valence-corrected chi connectivity index (χ2v) is 13.1. The summed E-state index contributed by atoms with van der Waals surface area (Å²) >= 11 is 0. The lowest BCUT2D eigenvalue weighted by atomic mass is 9.84. The van der Waals surface area contributed by atoms with E-state index in [1.807, 2.05) is 19.2 Å². The molecule has 48 heavy (non-hydrogen) atoms. The predicted molar refractivity (Wildman–Crippen MR) is 175 cm³/mol. The van der Waals surface area contributed by atoms with Crippen molar-refractivity contribution in [1.82, 2.24) is 23.9 Å². The number of benzene rings is 1. The van der Waals surface area contributed by atoms with Gasteiger partial charge in [-0.25, -0.2) is 13.6 Å². The van der Waals surface area contributed by atoms with Crippen LogP contribution in [0.5, 0.6) is 0 Å². The maximum atomic E-state index is 16.2. The van der Waals surface area contributed by atoms with Crippen molar-refractivity contribution < 1.29 is 27.8 Å². The number of nitrogens with zero attached hydrogens (tertiary/aromatic N) is 4. The molecule has 3 aliphatic rings. The molecule has 3 aromatic rings. The number of pyridine rings is 1. The zero-order valence-electron chi connectivity index (χ0n) is 28.1. The highest BCUT2D eigenvalue weighted by Gasteiger charge is 2.47. The zero-order valence-corrected chi connectivity index (χ0v) is 28.1. The van der Waals surface area contributed by atoms with E-state index in [4.69, 9.17) is 9.47 Å². The number of carbonyl (C=O) groups excluding carboxylic acids is 2. The van der Waals surface area contributed by atoms with Crippen molar-refractivity contribution in [2.24, 2.45) is 14.1 Å². The summed E-state index contributed by atoms with van der Waals surface area (Å²) in [6, 6.07) is 4.02. The van der Waals surface area contributed by atoms with E-state index >= 15 is 8.78 Å². The fourth-order valence-electron chi connectivity index (χ4n) is 7.68. The van der Waals surface area contributed by atoms with Gasteiger partial charge in [-0.3, -0.25) is 33.7 Å². The number of alkyl halides is 2. The topological polar surface area (TPSA) is 117 Å². The average Bonchev–Trinajstić information content (AvgIpc) is 3.30. The van der Waals surface area contributed by atoms with Crippen molar-refractivity contribution in [2.75, 3.05) is 33.9 Å². The summed E-state index contributed by atoms with van der Waals surface area (Å²) < 4.78 is 48.3. The lowest BCUT2D eigenvalue weighted by molar-refractivity contribution is -0.135. The third-order valence-corrected chi connectivity index (χ3v) is 10.3. The Labute approximate surface area is 276 Å². The van der Waals surface area contributed by atoms with E-state index in [0.29, 0.717) is 52.2 Å². The smallest absolute Gasteiger partial charge is 0.329 e. The monoisotopic (exact) mass is 665 g/mol. The number of amides is 2. The minimum absolute atomic E-state index is 0.0547. The Morgan fingerprint density at radius 1 is 1.00 bits per heavy atom. The fourth-order valence-corrected chi connectivity index (χ4v) is 7.68. The number of allylic oxidation sites excluding steroid dienone is 2. The quantitative estimate of drug-likeness (QED) is 0.383. The van der Waals surface area contributed by atoms with E-state index in [0.717, 1.165) is 11.1 Å².